The number of thioether (sulfide) groups is 1. The maximum Gasteiger partial charge on any atom is 0.573 e. The van der Waals surface area contributed by atoms with Crippen molar-refractivity contribution in [2.75, 3.05) is 25.0 Å². The summed E-state index contributed by atoms with van der Waals surface area (Å²) in [5.41, 5.74) is 2.19. The van der Waals surface area contributed by atoms with Gasteiger partial charge in [-0.1, -0.05) is 11.8 Å². The van der Waals surface area contributed by atoms with Gasteiger partial charge in [0, 0.05) is 36.6 Å². The number of anilines is 1. The highest BCUT2D eigenvalue weighted by Gasteiger charge is 2.31. The molecule has 5 nitrogen and oxygen atoms in total. The molecule has 0 unspecified atom stereocenters. The van der Waals surface area contributed by atoms with Gasteiger partial charge in [0.2, 0.25) is 0 Å². The maximum absolute atomic E-state index is 12.7. The van der Waals surface area contributed by atoms with Crippen molar-refractivity contribution in [3.05, 3.63) is 46.5 Å². The summed E-state index contributed by atoms with van der Waals surface area (Å²) >= 11 is 1.36. The fraction of sp³-hybridized carbons (Fsp3) is 0.400. The summed E-state index contributed by atoms with van der Waals surface area (Å²) in [4.78, 5) is 19.7. The zero-order chi connectivity index (χ0) is 21.0. The van der Waals surface area contributed by atoms with Gasteiger partial charge in [-0.15, -0.1) is 13.2 Å². The minimum Gasteiger partial charge on any atom is -0.406 e. The van der Waals surface area contributed by atoms with E-state index in [9.17, 15) is 18.0 Å². The molecule has 1 aromatic carbocycles. The smallest absolute Gasteiger partial charge is 0.406 e. The molecular weight excluding hydrogens is 403 g/mol. The number of amides is 1. The molecule has 0 aliphatic carbocycles. The van der Waals surface area contributed by atoms with Gasteiger partial charge >= 0.3 is 6.36 Å². The lowest BCUT2D eigenvalue weighted by Crippen LogP contribution is -2.27. The summed E-state index contributed by atoms with van der Waals surface area (Å²) in [6.45, 7) is 5.91. The Labute approximate surface area is 171 Å². The lowest BCUT2D eigenvalue weighted by Gasteiger charge is -2.14. The van der Waals surface area contributed by atoms with Crippen molar-refractivity contribution in [2.45, 2.75) is 33.1 Å². The van der Waals surface area contributed by atoms with E-state index in [0.29, 0.717) is 17.1 Å². The highest BCUT2D eigenvalue weighted by atomic mass is 32.2. The molecule has 29 heavy (non-hydrogen) atoms. The number of carbonyl (C=O) groups is 1. The fourth-order valence-electron chi connectivity index (χ4n) is 3.12. The molecule has 0 atom stereocenters. The highest BCUT2D eigenvalue weighted by molar-refractivity contribution is 8.18. The number of carbonyl (C=O) groups excluding carboxylic acids is 1. The van der Waals surface area contributed by atoms with Gasteiger partial charge in [-0.05, 0) is 57.0 Å². The number of halogens is 3. The second-order valence-electron chi connectivity index (χ2n) is 6.63. The van der Waals surface area contributed by atoms with E-state index in [2.05, 4.69) is 15.0 Å². The minimum absolute atomic E-state index is 0.0211. The second-order valence-corrected chi connectivity index (χ2v) is 7.66. The number of nitrogens with zero attached hydrogens (tertiary/aromatic N) is 2. The summed E-state index contributed by atoms with van der Waals surface area (Å²) in [6.07, 6.45) is -0.834. The largest absolute Gasteiger partial charge is 0.573 e. The third kappa shape index (κ3) is 5.56. The van der Waals surface area contributed by atoms with Gasteiger partial charge < -0.3 is 15.0 Å². The molecule has 0 aromatic heterocycles. The van der Waals surface area contributed by atoms with Gasteiger partial charge in [-0.3, -0.25) is 9.79 Å². The average molecular weight is 425 g/mol. The van der Waals surface area contributed by atoms with Crippen molar-refractivity contribution in [1.29, 1.82) is 0 Å². The first-order valence-corrected chi connectivity index (χ1v) is 10.2. The van der Waals surface area contributed by atoms with Crippen LogP contribution in [0, 0.1) is 0 Å². The van der Waals surface area contributed by atoms with Crippen LogP contribution in [-0.2, 0) is 4.79 Å². The molecule has 0 spiro atoms. The molecular formula is C20H22F3N3O2S. The molecule has 1 saturated heterocycles. The lowest BCUT2D eigenvalue weighted by atomic mass is 10.2. The van der Waals surface area contributed by atoms with Gasteiger partial charge in [-0.2, -0.15) is 0 Å². The number of likely N-dealkylation sites (tertiary alicyclic amines) is 1. The van der Waals surface area contributed by atoms with Crippen molar-refractivity contribution >= 4 is 28.4 Å². The zero-order valence-electron chi connectivity index (χ0n) is 16.2. The third-order valence-electron chi connectivity index (χ3n) is 4.44. The summed E-state index contributed by atoms with van der Waals surface area (Å²) in [7, 11) is 0. The SMILES string of the molecule is CC/N=C1/SC(C(=O)N2CCCC2)=C/C1=C(/C)Nc1ccc(OC(F)(F)F)cc1. The maximum atomic E-state index is 12.7. The number of ether oxygens (including phenoxy) is 1. The van der Waals surface area contributed by atoms with Crippen LogP contribution in [0.25, 0.3) is 0 Å². The number of aliphatic imine (C=N–C) groups is 1. The molecule has 0 saturated carbocycles. The standard InChI is InChI=1S/C20H22F3N3O2S/c1-3-24-18-16(12-17(29-18)19(27)26-10-4-5-11-26)13(2)25-14-6-8-15(9-7-14)28-20(21,22)23/h6-9,12,25H,3-5,10-11H2,1-2H3/b16-13+,24-18+. The minimum atomic E-state index is -4.72. The van der Waals surface area contributed by atoms with Crippen molar-refractivity contribution in [1.82, 2.24) is 4.90 Å². The molecule has 2 aliphatic rings. The molecule has 0 radical (unpaired) electrons. The highest BCUT2D eigenvalue weighted by Crippen LogP contribution is 2.36. The van der Waals surface area contributed by atoms with E-state index in [1.807, 2.05) is 24.8 Å². The van der Waals surface area contributed by atoms with Crippen molar-refractivity contribution < 1.29 is 22.7 Å². The first kappa shape index (κ1) is 21.3. The van der Waals surface area contributed by atoms with Crippen LogP contribution in [0.4, 0.5) is 18.9 Å². The monoisotopic (exact) mass is 425 g/mol. The van der Waals surface area contributed by atoms with Crippen LogP contribution in [0.5, 0.6) is 5.75 Å². The number of rotatable bonds is 5. The first-order chi connectivity index (χ1) is 13.8. The van der Waals surface area contributed by atoms with Crippen LogP contribution >= 0.6 is 11.8 Å². The quantitative estimate of drug-likeness (QED) is 0.726. The Morgan fingerprint density at radius 2 is 1.90 bits per heavy atom. The van der Waals surface area contributed by atoms with Crippen molar-refractivity contribution in [3.8, 4) is 5.75 Å². The van der Waals surface area contributed by atoms with Gasteiger partial charge in [0.25, 0.3) is 5.91 Å². The molecule has 9 heteroatoms. The Balaban J connectivity index is 1.78. The number of allylic oxidation sites excluding steroid dienone is 2. The zero-order valence-corrected chi connectivity index (χ0v) is 17.0. The van der Waals surface area contributed by atoms with Gasteiger partial charge in [0.05, 0.1) is 4.91 Å². The summed E-state index contributed by atoms with van der Waals surface area (Å²) in [5, 5.41) is 3.93. The van der Waals surface area contributed by atoms with Gasteiger partial charge in [0.1, 0.15) is 10.8 Å². The summed E-state index contributed by atoms with van der Waals surface area (Å²) in [6, 6.07) is 5.50. The van der Waals surface area contributed by atoms with Crippen molar-refractivity contribution in [2.24, 2.45) is 4.99 Å². The number of benzene rings is 1. The van der Waals surface area contributed by atoms with Crippen molar-refractivity contribution in [3.63, 3.8) is 0 Å². The van der Waals surface area contributed by atoms with E-state index in [1.54, 1.807) is 0 Å². The van der Waals surface area contributed by atoms with E-state index in [0.717, 1.165) is 42.2 Å². The van der Waals surface area contributed by atoms with Crippen LogP contribution in [-0.4, -0.2) is 41.8 Å². The van der Waals surface area contributed by atoms with Crippen LogP contribution in [0.15, 0.2) is 51.5 Å². The number of hydrogen-bond donors (Lipinski definition) is 1. The molecule has 1 fully saturated rings. The van der Waals surface area contributed by atoms with Crippen LogP contribution in [0.2, 0.25) is 0 Å². The number of nitrogens with one attached hydrogen (secondary N) is 1. The Bertz CT molecular complexity index is 855. The van der Waals surface area contributed by atoms with Gasteiger partial charge in [-0.25, -0.2) is 0 Å². The Kier molecular flexibility index (Phi) is 6.56. The topological polar surface area (TPSA) is 53.9 Å². The summed E-state index contributed by atoms with van der Waals surface area (Å²) in [5.74, 6) is -0.260. The first-order valence-electron chi connectivity index (χ1n) is 9.34. The Morgan fingerprint density at radius 3 is 2.48 bits per heavy atom. The number of hydrogen-bond acceptors (Lipinski definition) is 5. The van der Waals surface area contributed by atoms with E-state index >= 15 is 0 Å². The molecule has 1 aromatic rings. The normalized spacial score (nSPS) is 20.1. The van der Waals surface area contributed by atoms with E-state index in [-0.39, 0.29) is 11.7 Å². The molecule has 156 valence electrons. The molecule has 0 bridgehead atoms. The predicted octanol–water partition coefficient (Wildman–Crippen LogP) is 4.94. The summed E-state index contributed by atoms with van der Waals surface area (Å²) < 4.78 is 40.7. The lowest BCUT2D eigenvalue weighted by molar-refractivity contribution is -0.274. The second kappa shape index (κ2) is 8.94. The fourth-order valence-corrected chi connectivity index (χ4v) is 4.23. The number of alkyl halides is 3. The van der Waals surface area contributed by atoms with Crippen LogP contribution < -0.4 is 10.1 Å². The van der Waals surface area contributed by atoms with Gasteiger partial charge in [0.15, 0.2) is 0 Å². The molecule has 1 amide bonds. The van der Waals surface area contributed by atoms with E-state index in [4.69, 9.17) is 0 Å². The average Bonchev–Trinajstić information content (AvgIpc) is 3.32. The molecule has 2 heterocycles. The predicted molar refractivity (Wildman–Crippen MR) is 109 cm³/mol. The van der Waals surface area contributed by atoms with Crippen LogP contribution in [0.3, 0.4) is 0 Å². The molecule has 3 rings (SSSR count). The third-order valence-corrected chi connectivity index (χ3v) is 5.50. The Hall–Kier alpha value is -2.42. The van der Waals surface area contributed by atoms with Crippen LogP contribution in [0.1, 0.15) is 26.7 Å². The van der Waals surface area contributed by atoms with E-state index in [1.165, 1.54) is 36.0 Å². The molecule has 1 N–H and O–H groups in total. The molecule has 2 aliphatic heterocycles. The van der Waals surface area contributed by atoms with E-state index < -0.39 is 6.36 Å². The Morgan fingerprint density at radius 1 is 1.24 bits per heavy atom.